The van der Waals surface area contributed by atoms with Crippen molar-refractivity contribution in [3.05, 3.63) is 63.6 Å². The third-order valence-corrected chi connectivity index (χ3v) is 3.18. The number of carbonyl (C=O) groups excluding carboxylic acids is 1. The number of carbonyl (C=O) groups is 1. The number of rotatable bonds is 3. The lowest BCUT2D eigenvalue weighted by atomic mass is 10.1. The zero-order valence-electron chi connectivity index (χ0n) is 10.9. The molecule has 2 aromatic rings. The number of hydrogen-bond donors (Lipinski definition) is 2. The van der Waals surface area contributed by atoms with E-state index in [4.69, 9.17) is 5.73 Å². The normalized spacial score (nSPS) is 10.7. The second-order valence-corrected chi connectivity index (χ2v) is 5.26. The Labute approximate surface area is 125 Å². The Hall–Kier alpha value is -2.14. The first-order valence-corrected chi connectivity index (χ1v) is 6.80. The number of amides is 1. The minimum atomic E-state index is -0.340. The van der Waals surface area contributed by atoms with E-state index in [0.29, 0.717) is 11.3 Å². The molecule has 0 unspecified atom stereocenters. The number of anilines is 1. The van der Waals surface area contributed by atoms with Gasteiger partial charge in [-0.05, 0) is 30.7 Å². The van der Waals surface area contributed by atoms with Crippen molar-refractivity contribution in [1.82, 2.24) is 5.43 Å². The summed E-state index contributed by atoms with van der Waals surface area (Å²) in [5.74, 6) is -0.340. The molecule has 0 fully saturated rings. The number of nitrogen functional groups attached to an aromatic ring is 1. The third-order valence-electron chi connectivity index (χ3n) is 2.68. The summed E-state index contributed by atoms with van der Waals surface area (Å²) in [6, 6.07) is 12.9. The van der Waals surface area contributed by atoms with E-state index < -0.39 is 0 Å². The summed E-state index contributed by atoms with van der Waals surface area (Å²) in [6.07, 6.45) is 1.60. The molecule has 20 heavy (non-hydrogen) atoms. The van der Waals surface area contributed by atoms with Gasteiger partial charge in [0.15, 0.2) is 0 Å². The first-order valence-electron chi connectivity index (χ1n) is 6.01. The highest BCUT2D eigenvalue weighted by atomic mass is 79.9. The Morgan fingerprint density at radius 2 is 2.10 bits per heavy atom. The van der Waals surface area contributed by atoms with Crippen LogP contribution in [0.5, 0.6) is 0 Å². The van der Waals surface area contributed by atoms with E-state index >= 15 is 0 Å². The molecule has 0 aromatic heterocycles. The second-order valence-electron chi connectivity index (χ2n) is 4.34. The van der Waals surface area contributed by atoms with Gasteiger partial charge in [0.2, 0.25) is 0 Å². The number of halogens is 1. The molecule has 2 aromatic carbocycles. The van der Waals surface area contributed by atoms with Crippen molar-refractivity contribution >= 4 is 33.7 Å². The largest absolute Gasteiger partial charge is 0.398 e. The van der Waals surface area contributed by atoms with E-state index in [1.165, 1.54) is 0 Å². The number of nitrogens with zero attached hydrogens (tertiary/aromatic N) is 1. The molecule has 0 saturated heterocycles. The Kier molecular flexibility index (Phi) is 4.53. The van der Waals surface area contributed by atoms with E-state index in [-0.39, 0.29) is 5.91 Å². The molecule has 0 saturated carbocycles. The fourth-order valence-corrected chi connectivity index (χ4v) is 2.06. The van der Waals surface area contributed by atoms with Crippen molar-refractivity contribution in [2.24, 2.45) is 5.10 Å². The Bertz CT molecular complexity index is 668. The molecule has 5 heteroatoms. The van der Waals surface area contributed by atoms with E-state index in [0.717, 1.165) is 15.6 Å². The number of benzene rings is 2. The number of hydrogen-bond acceptors (Lipinski definition) is 3. The van der Waals surface area contributed by atoms with Crippen LogP contribution in [0, 0.1) is 6.92 Å². The molecule has 0 aliphatic rings. The molecule has 0 bridgehead atoms. The summed E-state index contributed by atoms with van der Waals surface area (Å²) >= 11 is 3.30. The zero-order valence-corrected chi connectivity index (χ0v) is 12.5. The van der Waals surface area contributed by atoms with Crippen LogP contribution in [0.2, 0.25) is 0 Å². The van der Waals surface area contributed by atoms with Crippen molar-refractivity contribution in [3.8, 4) is 0 Å². The van der Waals surface area contributed by atoms with Gasteiger partial charge in [-0.3, -0.25) is 4.79 Å². The Morgan fingerprint density at radius 3 is 2.85 bits per heavy atom. The lowest BCUT2D eigenvalue weighted by molar-refractivity contribution is 0.0956. The molecule has 1 amide bonds. The van der Waals surface area contributed by atoms with Crippen LogP contribution >= 0.6 is 15.9 Å². The minimum Gasteiger partial charge on any atom is -0.398 e. The van der Waals surface area contributed by atoms with Crippen LogP contribution < -0.4 is 11.2 Å². The lowest BCUT2D eigenvalue weighted by Crippen LogP contribution is -2.19. The van der Waals surface area contributed by atoms with E-state index in [2.05, 4.69) is 26.5 Å². The van der Waals surface area contributed by atoms with Crippen molar-refractivity contribution < 1.29 is 4.79 Å². The summed E-state index contributed by atoms with van der Waals surface area (Å²) < 4.78 is 0.791. The van der Waals surface area contributed by atoms with Gasteiger partial charge in [-0.25, -0.2) is 5.43 Å². The van der Waals surface area contributed by atoms with Crippen molar-refractivity contribution in [2.45, 2.75) is 6.92 Å². The summed E-state index contributed by atoms with van der Waals surface area (Å²) in [7, 11) is 0. The fourth-order valence-electron chi connectivity index (χ4n) is 1.70. The third kappa shape index (κ3) is 3.68. The Balaban J connectivity index is 2.07. The standard InChI is InChI=1S/C15H14BrN3O/c1-10-3-2-4-11(7-10)9-18-19-15(20)13-8-12(16)5-6-14(13)17/h2-9H,17H2,1H3,(H,19,20). The molecular weight excluding hydrogens is 318 g/mol. The highest BCUT2D eigenvalue weighted by molar-refractivity contribution is 9.10. The first kappa shape index (κ1) is 14.3. The topological polar surface area (TPSA) is 67.5 Å². The maximum absolute atomic E-state index is 11.9. The summed E-state index contributed by atoms with van der Waals surface area (Å²) in [4.78, 5) is 11.9. The summed E-state index contributed by atoms with van der Waals surface area (Å²) in [5.41, 5.74) is 11.1. The van der Waals surface area contributed by atoms with Crippen molar-refractivity contribution in [2.75, 3.05) is 5.73 Å². The van der Waals surface area contributed by atoms with Crippen molar-refractivity contribution in [1.29, 1.82) is 0 Å². The van der Waals surface area contributed by atoms with Gasteiger partial charge in [0.1, 0.15) is 0 Å². The molecule has 0 aliphatic carbocycles. The average molecular weight is 332 g/mol. The maximum Gasteiger partial charge on any atom is 0.273 e. The second kappa shape index (κ2) is 6.34. The zero-order chi connectivity index (χ0) is 14.5. The highest BCUT2D eigenvalue weighted by Gasteiger charge is 2.08. The van der Waals surface area contributed by atoms with Crippen LogP contribution in [0.15, 0.2) is 52.0 Å². The summed E-state index contributed by atoms with van der Waals surface area (Å²) in [5, 5.41) is 3.93. The first-order chi connectivity index (χ1) is 9.56. The molecule has 4 nitrogen and oxygen atoms in total. The minimum absolute atomic E-state index is 0.340. The van der Waals surface area contributed by atoms with Crippen LogP contribution in [0.4, 0.5) is 5.69 Å². The van der Waals surface area contributed by atoms with Gasteiger partial charge in [-0.2, -0.15) is 5.10 Å². The van der Waals surface area contributed by atoms with E-state index in [9.17, 15) is 4.79 Å². The van der Waals surface area contributed by atoms with Crippen LogP contribution in [0.1, 0.15) is 21.5 Å². The number of nitrogens with one attached hydrogen (secondary N) is 1. The highest BCUT2D eigenvalue weighted by Crippen LogP contribution is 2.18. The number of nitrogens with two attached hydrogens (primary N) is 1. The molecule has 0 aliphatic heterocycles. The van der Waals surface area contributed by atoms with Crippen LogP contribution in [-0.4, -0.2) is 12.1 Å². The average Bonchev–Trinajstić information content (AvgIpc) is 2.41. The van der Waals surface area contributed by atoms with Gasteiger partial charge in [0.05, 0.1) is 11.8 Å². The Morgan fingerprint density at radius 1 is 1.30 bits per heavy atom. The lowest BCUT2D eigenvalue weighted by Gasteiger charge is -2.04. The van der Waals surface area contributed by atoms with E-state index in [1.807, 2.05) is 31.2 Å². The molecule has 0 atom stereocenters. The predicted octanol–water partition coefficient (Wildman–Crippen LogP) is 3.10. The predicted molar refractivity (Wildman–Crippen MR) is 84.8 cm³/mol. The van der Waals surface area contributed by atoms with Crippen LogP contribution in [0.25, 0.3) is 0 Å². The van der Waals surface area contributed by atoms with Crippen molar-refractivity contribution in [3.63, 3.8) is 0 Å². The molecule has 102 valence electrons. The van der Waals surface area contributed by atoms with Gasteiger partial charge in [0.25, 0.3) is 5.91 Å². The molecule has 2 rings (SSSR count). The molecule has 0 radical (unpaired) electrons. The fraction of sp³-hybridized carbons (Fsp3) is 0.0667. The monoisotopic (exact) mass is 331 g/mol. The molecular formula is C15H14BrN3O. The summed E-state index contributed by atoms with van der Waals surface area (Å²) in [6.45, 7) is 2.00. The molecule has 3 N–H and O–H groups in total. The SMILES string of the molecule is Cc1cccc(C=NNC(=O)c2cc(Br)ccc2N)c1. The smallest absolute Gasteiger partial charge is 0.273 e. The van der Waals surface area contributed by atoms with Crippen LogP contribution in [0.3, 0.4) is 0 Å². The van der Waals surface area contributed by atoms with Crippen LogP contribution in [-0.2, 0) is 0 Å². The number of hydrazone groups is 1. The van der Waals surface area contributed by atoms with Gasteiger partial charge < -0.3 is 5.73 Å². The molecule has 0 heterocycles. The van der Waals surface area contributed by atoms with Gasteiger partial charge in [0, 0.05) is 10.2 Å². The quantitative estimate of drug-likeness (QED) is 0.515. The number of aryl methyl sites for hydroxylation is 1. The van der Waals surface area contributed by atoms with Gasteiger partial charge >= 0.3 is 0 Å². The molecule has 0 spiro atoms. The maximum atomic E-state index is 11.9. The van der Waals surface area contributed by atoms with Gasteiger partial charge in [-0.15, -0.1) is 0 Å². The van der Waals surface area contributed by atoms with E-state index in [1.54, 1.807) is 24.4 Å². The van der Waals surface area contributed by atoms with Gasteiger partial charge in [-0.1, -0.05) is 45.8 Å².